The third-order valence-electron chi connectivity index (χ3n) is 6.14. The first kappa shape index (κ1) is 23.8. The highest BCUT2D eigenvalue weighted by Gasteiger charge is 2.30. The Hall–Kier alpha value is -3.97. The first-order chi connectivity index (χ1) is 17.5. The van der Waals surface area contributed by atoms with Crippen LogP contribution in [-0.2, 0) is 9.53 Å². The molecule has 1 aromatic heterocycles. The van der Waals surface area contributed by atoms with Crippen molar-refractivity contribution in [1.82, 2.24) is 4.57 Å². The third-order valence-corrected chi connectivity index (χ3v) is 7.12. The zero-order chi connectivity index (χ0) is 25.2. The molecule has 182 valence electrons. The number of aromatic nitrogens is 1. The van der Waals surface area contributed by atoms with Crippen molar-refractivity contribution < 1.29 is 14.3 Å². The highest BCUT2D eigenvalue weighted by molar-refractivity contribution is 7.07. The van der Waals surface area contributed by atoms with E-state index in [1.54, 1.807) is 18.4 Å². The lowest BCUT2D eigenvalue weighted by Crippen LogP contribution is -2.38. The molecule has 3 heterocycles. The van der Waals surface area contributed by atoms with Crippen LogP contribution in [0.5, 0.6) is 5.75 Å². The number of hydrogen-bond acceptors (Lipinski definition) is 6. The summed E-state index contributed by atoms with van der Waals surface area (Å²) >= 11 is 1.31. The largest absolute Gasteiger partial charge is 0.485 e. The molecule has 0 amide bonds. The van der Waals surface area contributed by atoms with E-state index >= 15 is 0 Å². The number of hydrogen-bond donors (Lipinski definition) is 0. The van der Waals surface area contributed by atoms with Crippen LogP contribution in [0.25, 0.3) is 18.2 Å². The SMILES string of the molecule is CCOC(=O)C1=C(C)N=c2s/c(=C\C3=Cc4ccccc4OC3C)c(=O)n2C1/C=C/c1ccccc1. The van der Waals surface area contributed by atoms with Crippen LogP contribution in [0.2, 0.25) is 0 Å². The Morgan fingerprint density at radius 3 is 2.69 bits per heavy atom. The molecule has 6 nitrogen and oxygen atoms in total. The third kappa shape index (κ3) is 4.50. The molecule has 0 fully saturated rings. The number of thiazole rings is 1. The van der Waals surface area contributed by atoms with E-state index in [4.69, 9.17) is 9.47 Å². The van der Waals surface area contributed by atoms with Crippen LogP contribution in [0.4, 0.5) is 0 Å². The van der Waals surface area contributed by atoms with Crippen molar-refractivity contribution >= 4 is 35.5 Å². The van der Waals surface area contributed by atoms with E-state index in [0.717, 1.165) is 22.4 Å². The Morgan fingerprint density at radius 2 is 1.92 bits per heavy atom. The Balaban J connectivity index is 1.64. The summed E-state index contributed by atoms with van der Waals surface area (Å²) in [4.78, 5) is 31.8. The van der Waals surface area contributed by atoms with Gasteiger partial charge in [0.15, 0.2) is 4.80 Å². The first-order valence-corrected chi connectivity index (χ1v) is 12.7. The summed E-state index contributed by atoms with van der Waals surface area (Å²) in [6.45, 7) is 5.74. The number of carbonyl (C=O) groups is 1. The second kappa shape index (κ2) is 9.95. The predicted octanol–water partition coefficient (Wildman–Crippen LogP) is 4.28. The van der Waals surface area contributed by atoms with Gasteiger partial charge < -0.3 is 9.47 Å². The molecular weight excluding hydrogens is 472 g/mol. The Labute approximate surface area is 212 Å². The molecule has 2 atom stereocenters. The van der Waals surface area contributed by atoms with Gasteiger partial charge >= 0.3 is 5.97 Å². The zero-order valence-corrected chi connectivity index (χ0v) is 21.1. The molecular formula is C29H26N2O4S. The molecule has 2 unspecified atom stereocenters. The van der Waals surface area contributed by atoms with E-state index in [2.05, 4.69) is 4.99 Å². The quantitative estimate of drug-likeness (QED) is 0.493. The van der Waals surface area contributed by atoms with Gasteiger partial charge in [-0.05, 0) is 50.1 Å². The number of rotatable bonds is 5. The van der Waals surface area contributed by atoms with Crippen LogP contribution >= 0.6 is 11.3 Å². The number of para-hydroxylation sites is 1. The first-order valence-electron chi connectivity index (χ1n) is 11.9. The zero-order valence-electron chi connectivity index (χ0n) is 20.3. The van der Waals surface area contributed by atoms with Gasteiger partial charge in [-0.25, -0.2) is 9.79 Å². The summed E-state index contributed by atoms with van der Waals surface area (Å²) in [5, 5.41) is 0. The second-order valence-corrected chi connectivity index (χ2v) is 9.57. The molecule has 5 rings (SSSR count). The van der Waals surface area contributed by atoms with Gasteiger partial charge in [0.25, 0.3) is 5.56 Å². The predicted molar refractivity (Wildman–Crippen MR) is 142 cm³/mol. The Bertz CT molecular complexity index is 1590. The van der Waals surface area contributed by atoms with Gasteiger partial charge in [-0.15, -0.1) is 0 Å². The van der Waals surface area contributed by atoms with E-state index in [1.165, 1.54) is 11.3 Å². The topological polar surface area (TPSA) is 69.9 Å². The Morgan fingerprint density at radius 1 is 1.17 bits per heavy atom. The second-order valence-electron chi connectivity index (χ2n) is 8.56. The van der Waals surface area contributed by atoms with Gasteiger partial charge in [-0.1, -0.05) is 72.0 Å². The number of nitrogens with zero attached hydrogens (tertiary/aromatic N) is 2. The number of carbonyl (C=O) groups excluding carboxylic acids is 1. The highest BCUT2D eigenvalue weighted by Crippen LogP contribution is 2.30. The molecule has 2 aliphatic heterocycles. The summed E-state index contributed by atoms with van der Waals surface area (Å²) < 4.78 is 13.5. The number of ether oxygens (including phenoxy) is 2. The summed E-state index contributed by atoms with van der Waals surface area (Å²) in [6, 6.07) is 17.0. The summed E-state index contributed by atoms with van der Waals surface area (Å²) in [7, 11) is 0. The van der Waals surface area contributed by atoms with E-state index in [1.807, 2.05) is 85.8 Å². The number of esters is 1. The molecule has 7 heteroatoms. The molecule has 0 saturated carbocycles. The maximum absolute atomic E-state index is 13.7. The molecule has 0 radical (unpaired) electrons. The van der Waals surface area contributed by atoms with E-state index in [-0.39, 0.29) is 18.3 Å². The van der Waals surface area contributed by atoms with E-state index in [0.29, 0.717) is 20.6 Å². The Kier molecular flexibility index (Phi) is 6.57. The van der Waals surface area contributed by atoms with E-state index in [9.17, 15) is 9.59 Å². The lowest BCUT2D eigenvalue weighted by molar-refractivity contribution is -0.139. The van der Waals surface area contributed by atoms with Crippen LogP contribution in [0.1, 0.15) is 37.9 Å². The van der Waals surface area contributed by atoms with Crippen molar-refractivity contribution in [2.45, 2.75) is 32.9 Å². The average Bonchev–Trinajstić information content (AvgIpc) is 3.17. The van der Waals surface area contributed by atoms with Crippen molar-refractivity contribution in [3.05, 3.63) is 108 Å². The van der Waals surface area contributed by atoms with Crippen LogP contribution in [-0.4, -0.2) is 23.2 Å². The fourth-order valence-electron chi connectivity index (χ4n) is 4.36. The molecule has 0 N–H and O–H groups in total. The van der Waals surface area contributed by atoms with Gasteiger partial charge in [0.05, 0.1) is 28.5 Å². The van der Waals surface area contributed by atoms with Gasteiger partial charge in [-0.3, -0.25) is 9.36 Å². The van der Waals surface area contributed by atoms with Gasteiger partial charge in [0, 0.05) is 5.56 Å². The normalized spacial score (nSPS) is 19.3. The summed E-state index contributed by atoms with van der Waals surface area (Å²) in [5.41, 5.74) is 3.55. The summed E-state index contributed by atoms with van der Waals surface area (Å²) in [6.07, 6.45) is 7.48. The van der Waals surface area contributed by atoms with E-state index < -0.39 is 12.0 Å². The molecule has 3 aromatic rings. The highest BCUT2D eigenvalue weighted by atomic mass is 32.1. The van der Waals surface area contributed by atoms with Crippen LogP contribution in [0.3, 0.4) is 0 Å². The molecule has 2 aromatic carbocycles. The lowest BCUT2D eigenvalue weighted by atomic mass is 10.0. The van der Waals surface area contributed by atoms with Crippen molar-refractivity contribution in [3.8, 4) is 5.75 Å². The van der Waals surface area contributed by atoms with Gasteiger partial charge in [0.1, 0.15) is 11.9 Å². The number of allylic oxidation sites excluding steroid dienone is 2. The molecule has 0 aliphatic carbocycles. The maximum atomic E-state index is 13.7. The fraction of sp³-hybridized carbons (Fsp3) is 0.207. The molecule has 0 spiro atoms. The van der Waals surface area contributed by atoms with Gasteiger partial charge in [-0.2, -0.15) is 0 Å². The van der Waals surface area contributed by atoms with Crippen LogP contribution in [0, 0.1) is 0 Å². The standard InChI is InChI=1S/C29H26N2O4S/c1-4-34-28(33)26-18(2)30-29-31(23(26)15-14-20-10-6-5-7-11-20)27(32)25(36-29)17-22-16-21-12-8-9-13-24(21)35-19(22)3/h5-17,19,23H,4H2,1-3H3/b15-14+,25-17-. The van der Waals surface area contributed by atoms with Crippen molar-refractivity contribution in [3.63, 3.8) is 0 Å². The van der Waals surface area contributed by atoms with Crippen LogP contribution in [0.15, 0.2) is 87.3 Å². The molecule has 2 aliphatic rings. The number of benzene rings is 2. The summed E-state index contributed by atoms with van der Waals surface area (Å²) in [5.74, 6) is 0.355. The molecule has 0 bridgehead atoms. The van der Waals surface area contributed by atoms with Crippen LogP contribution < -0.4 is 19.6 Å². The minimum absolute atomic E-state index is 0.205. The van der Waals surface area contributed by atoms with Crippen molar-refractivity contribution in [1.29, 1.82) is 0 Å². The molecule has 36 heavy (non-hydrogen) atoms. The minimum atomic E-state index is -0.627. The monoisotopic (exact) mass is 498 g/mol. The minimum Gasteiger partial charge on any atom is -0.485 e. The number of fused-ring (bicyclic) bond motifs is 2. The smallest absolute Gasteiger partial charge is 0.338 e. The maximum Gasteiger partial charge on any atom is 0.338 e. The average molecular weight is 499 g/mol. The van der Waals surface area contributed by atoms with Crippen molar-refractivity contribution in [2.75, 3.05) is 6.61 Å². The lowest BCUT2D eigenvalue weighted by Gasteiger charge is -2.22. The fourth-order valence-corrected chi connectivity index (χ4v) is 5.41. The molecule has 0 saturated heterocycles. The van der Waals surface area contributed by atoms with Gasteiger partial charge in [0.2, 0.25) is 0 Å². The van der Waals surface area contributed by atoms with Crippen molar-refractivity contribution in [2.24, 2.45) is 4.99 Å².